The minimum atomic E-state index is -0.340. The molecule has 0 saturated carbocycles. The topological polar surface area (TPSA) is 79.2 Å². The highest BCUT2D eigenvalue weighted by Crippen LogP contribution is 2.25. The molecule has 3 aromatic rings. The lowest BCUT2D eigenvalue weighted by Gasteiger charge is -2.19. The van der Waals surface area contributed by atoms with Crippen LogP contribution in [0.2, 0.25) is 0 Å². The summed E-state index contributed by atoms with van der Waals surface area (Å²) in [6, 6.07) is 7.62. The maximum absolute atomic E-state index is 13.1. The number of amides is 1. The zero-order chi connectivity index (χ0) is 20.4. The van der Waals surface area contributed by atoms with Gasteiger partial charge in [-0.2, -0.15) is 10.1 Å². The fourth-order valence-corrected chi connectivity index (χ4v) is 2.64. The maximum Gasteiger partial charge on any atom is 0.274 e. The number of halogens is 1. The maximum atomic E-state index is 13.1. The first kappa shape index (κ1) is 19.3. The molecule has 0 unspecified atom stereocenters. The normalized spacial score (nSPS) is 10.6. The van der Waals surface area contributed by atoms with E-state index in [1.54, 1.807) is 41.2 Å². The number of carbonyl (C=O) groups excluding carboxylic acids is 1. The Morgan fingerprint density at radius 3 is 2.39 bits per heavy atom. The predicted molar refractivity (Wildman–Crippen MR) is 107 cm³/mol. The Labute approximate surface area is 162 Å². The van der Waals surface area contributed by atoms with E-state index < -0.39 is 0 Å². The largest absolute Gasteiger partial charge is 0.361 e. The van der Waals surface area contributed by atoms with Crippen LogP contribution in [-0.4, -0.2) is 53.8 Å². The first-order chi connectivity index (χ1) is 13.3. The molecule has 1 N–H and O–H groups in total. The molecule has 2 heterocycles. The molecule has 3 rings (SSSR count). The zero-order valence-electron chi connectivity index (χ0n) is 16.4. The third-order valence-electron chi connectivity index (χ3n) is 4.08. The van der Waals surface area contributed by atoms with Crippen molar-refractivity contribution < 1.29 is 9.18 Å². The average molecular weight is 383 g/mol. The van der Waals surface area contributed by atoms with Crippen molar-refractivity contribution in [1.82, 2.24) is 19.7 Å². The molecule has 8 nitrogen and oxygen atoms in total. The van der Waals surface area contributed by atoms with Crippen molar-refractivity contribution in [2.45, 2.75) is 0 Å². The van der Waals surface area contributed by atoms with Gasteiger partial charge in [-0.25, -0.2) is 9.37 Å². The van der Waals surface area contributed by atoms with E-state index in [1.165, 1.54) is 16.8 Å². The number of aryl methyl sites for hydroxylation is 1. The van der Waals surface area contributed by atoms with Crippen LogP contribution in [0.1, 0.15) is 10.5 Å². The summed E-state index contributed by atoms with van der Waals surface area (Å²) in [6.45, 7) is 0. The summed E-state index contributed by atoms with van der Waals surface area (Å²) in [4.78, 5) is 25.1. The van der Waals surface area contributed by atoms with E-state index in [0.717, 1.165) is 5.56 Å². The summed E-state index contributed by atoms with van der Waals surface area (Å²) >= 11 is 0. The van der Waals surface area contributed by atoms with Crippen molar-refractivity contribution in [1.29, 1.82) is 0 Å². The van der Waals surface area contributed by atoms with E-state index in [9.17, 15) is 9.18 Å². The molecular weight excluding hydrogens is 361 g/mol. The molecule has 1 aromatic carbocycles. The molecule has 0 bridgehead atoms. The van der Waals surface area contributed by atoms with E-state index in [-0.39, 0.29) is 11.7 Å². The lowest BCUT2D eigenvalue weighted by Crippen LogP contribution is -2.22. The number of nitrogens with zero attached hydrogens (tertiary/aromatic N) is 6. The Morgan fingerprint density at radius 1 is 1.11 bits per heavy atom. The van der Waals surface area contributed by atoms with Crippen molar-refractivity contribution in [2.75, 3.05) is 43.3 Å². The molecule has 0 aliphatic rings. The zero-order valence-corrected chi connectivity index (χ0v) is 16.4. The molecule has 2 aromatic heterocycles. The van der Waals surface area contributed by atoms with E-state index in [4.69, 9.17) is 0 Å². The second-order valence-electron chi connectivity index (χ2n) is 6.70. The third kappa shape index (κ3) is 3.93. The monoisotopic (exact) mass is 383 g/mol. The molecule has 0 aliphatic carbocycles. The van der Waals surface area contributed by atoms with Crippen molar-refractivity contribution >= 4 is 23.4 Å². The van der Waals surface area contributed by atoms with Gasteiger partial charge in [0.1, 0.15) is 17.2 Å². The Balaban J connectivity index is 1.88. The molecule has 0 atom stereocenters. The number of benzene rings is 1. The van der Waals surface area contributed by atoms with Crippen molar-refractivity contribution in [3.8, 4) is 11.3 Å². The lowest BCUT2D eigenvalue weighted by molar-refractivity contribution is 0.101. The van der Waals surface area contributed by atoms with Gasteiger partial charge < -0.3 is 15.1 Å². The first-order valence-corrected chi connectivity index (χ1v) is 8.59. The SMILES string of the molecule is CN(C)c1ncc(NC(=O)c2cc(-c3ccc(F)cc3)nn2C)c(N(C)C)n1. The molecule has 0 saturated heterocycles. The summed E-state index contributed by atoms with van der Waals surface area (Å²) in [5, 5.41) is 7.20. The number of nitrogens with one attached hydrogen (secondary N) is 1. The van der Waals surface area contributed by atoms with Crippen LogP contribution in [0, 0.1) is 5.82 Å². The van der Waals surface area contributed by atoms with E-state index in [0.29, 0.717) is 28.8 Å². The summed E-state index contributed by atoms with van der Waals surface area (Å²) in [6.07, 6.45) is 1.58. The van der Waals surface area contributed by atoms with E-state index in [1.807, 2.05) is 28.2 Å². The number of rotatable bonds is 5. The molecule has 0 radical (unpaired) electrons. The highest BCUT2D eigenvalue weighted by Gasteiger charge is 2.18. The fraction of sp³-hybridized carbons (Fsp3) is 0.263. The van der Waals surface area contributed by atoms with Crippen LogP contribution >= 0.6 is 0 Å². The molecule has 146 valence electrons. The van der Waals surface area contributed by atoms with Gasteiger partial charge in [0.25, 0.3) is 5.91 Å². The van der Waals surface area contributed by atoms with E-state index in [2.05, 4.69) is 20.4 Å². The van der Waals surface area contributed by atoms with Crippen molar-refractivity contribution in [3.63, 3.8) is 0 Å². The van der Waals surface area contributed by atoms with Gasteiger partial charge in [-0.15, -0.1) is 0 Å². The van der Waals surface area contributed by atoms with Crippen LogP contribution in [0.4, 0.5) is 21.8 Å². The average Bonchev–Trinajstić information content (AvgIpc) is 3.04. The number of carbonyl (C=O) groups is 1. The lowest BCUT2D eigenvalue weighted by atomic mass is 10.1. The minimum Gasteiger partial charge on any atom is -0.361 e. The third-order valence-corrected chi connectivity index (χ3v) is 4.08. The molecule has 1 amide bonds. The fourth-order valence-electron chi connectivity index (χ4n) is 2.64. The van der Waals surface area contributed by atoms with Gasteiger partial charge in [-0.1, -0.05) is 0 Å². The molecule has 0 spiro atoms. The van der Waals surface area contributed by atoms with Crippen LogP contribution in [0.3, 0.4) is 0 Å². The van der Waals surface area contributed by atoms with Crippen LogP contribution in [0.25, 0.3) is 11.3 Å². The summed E-state index contributed by atoms with van der Waals surface area (Å²) in [7, 11) is 9.06. The molecule has 9 heteroatoms. The van der Waals surface area contributed by atoms with Crippen LogP contribution in [-0.2, 0) is 7.05 Å². The Kier molecular flexibility index (Phi) is 5.25. The van der Waals surface area contributed by atoms with Crippen molar-refractivity contribution in [3.05, 3.63) is 48.0 Å². The number of hydrogen-bond acceptors (Lipinski definition) is 6. The van der Waals surface area contributed by atoms with Gasteiger partial charge >= 0.3 is 0 Å². The highest BCUT2D eigenvalue weighted by molar-refractivity contribution is 6.05. The Hall–Kier alpha value is -3.49. The summed E-state index contributed by atoms with van der Waals surface area (Å²) < 4.78 is 14.6. The quantitative estimate of drug-likeness (QED) is 0.729. The van der Waals surface area contributed by atoms with Gasteiger partial charge in [-0.3, -0.25) is 9.48 Å². The smallest absolute Gasteiger partial charge is 0.274 e. The second kappa shape index (κ2) is 7.63. The predicted octanol–water partition coefficient (Wildman–Crippen LogP) is 2.40. The van der Waals surface area contributed by atoms with Crippen LogP contribution in [0.5, 0.6) is 0 Å². The first-order valence-electron chi connectivity index (χ1n) is 8.59. The summed E-state index contributed by atoms with van der Waals surface area (Å²) in [5.74, 6) is 0.469. The van der Waals surface area contributed by atoms with Crippen LogP contribution < -0.4 is 15.1 Å². The second-order valence-corrected chi connectivity index (χ2v) is 6.70. The molecular formula is C19H22FN7O. The molecule has 0 fully saturated rings. The minimum absolute atomic E-state index is 0.324. The van der Waals surface area contributed by atoms with Crippen molar-refractivity contribution in [2.24, 2.45) is 7.05 Å². The Bertz CT molecular complexity index is 996. The van der Waals surface area contributed by atoms with E-state index >= 15 is 0 Å². The van der Waals surface area contributed by atoms with Gasteiger partial charge in [0.05, 0.1) is 11.9 Å². The van der Waals surface area contributed by atoms with Gasteiger partial charge in [0.15, 0.2) is 5.82 Å². The Morgan fingerprint density at radius 2 is 1.79 bits per heavy atom. The number of hydrogen-bond donors (Lipinski definition) is 1. The summed E-state index contributed by atoms with van der Waals surface area (Å²) in [5.41, 5.74) is 2.16. The number of aromatic nitrogens is 4. The van der Waals surface area contributed by atoms with Crippen LogP contribution in [0.15, 0.2) is 36.5 Å². The van der Waals surface area contributed by atoms with Gasteiger partial charge in [-0.05, 0) is 30.3 Å². The molecule has 28 heavy (non-hydrogen) atoms. The highest BCUT2D eigenvalue weighted by atomic mass is 19.1. The van der Waals surface area contributed by atoms with Gasteiger partial charge in [0.2, 0.25) is 5.95 Å². The standard InChI is InChI=1S/C19H22FN7O/c1-25(2)17-15(11-21-19(23-17)26(3)4)22-18(28)16-10-14(24-27(16)5)12-6-8-13(20)9-7-12/h6-11H,1-5H3,(H,22,28). The molecule has 0 aliphatic heterocycles. The van der Waals surface area contributed by atoms with Gasteiger partial charge in [0, 0.05) is 40.8 Å². The number of anilines is 3.